The van der Waals surface area contributed by atoms with Gasteiger partial charge in [-0.3, -0.25) is 0 Å². The van der Waals surface area contributed by atoms with Crippen molar-refractivity contribution >= 4 is 27.6 Å². The van der Waals surface area contributed by atoms with E-state index in [0.29, 0.717) is 12.1 Å². The van der Waals surface area contributed by atoms with E-state index in [9.17, 15) is 4.79 Å². The molecule has 2 aromatic rings. The zero-order chi connectivity index (χ0) is 15.4. The Kier molecular flexibility index (Phi) is 5.02. The van der Waals surface area contributed by atoms with Crippen LogP contribution >= 0.6 is 15.9 Å². The van der Waals surface area contributed by atoms with Gasteiger partial charge >= 0.3 is 5.97 Å². The summed E-state index contributed by atoms with van der Waals surface area (Å²) in [5.74, 6) is -0.326. The van der Waals surface area contributed by atoms with E-state index in [1.54, 1.807) is 0 Å². The van der Waals surface area contributed by atoms with E-state index in [4.69, 9.17) is 4.74 Å². The van der Waals surface area contributed by atoms with Gasteiger partial charge < -0.3 is 10.1 Å². The van der Waals surface area contributed by atoms with E-state index in [-0.39, 0.29) is 5.97 Å². The lowest BCUT2D eigenvalue weighted by Crippen LogP contribution is -2.08. The minimum Gasteiger partial charge on any atom is -0.465 e. The Morgan fingerprint density at radius 3 is 2.62 bits per heavy atom. The first kappa shape index (κ1) is 15.6. The van der Waals surface area contributed by atoms with Gasteiger partial charge in [0.2, 0.25) is 0 Å². The van der Waals surface area contributed by atoms with Gasteiger partial charge in [-0.2, -0.15) is 0 Å². The van der Waals surface area contributed by atoms with Crippen molar-refractivity contribution < 1.29 is 9.53 Å². The summed E-state index contributed by atoms with van der Waals surface area (Å²) in [6.07, 6.45) is 0. The molecule has 0 unspecified atom stereocenters. The summed E-state index contributed by atoms with van der Waals surface area (Å²) in [5, 5.41) is 3.30. The SMILES string of the molecule is COC(=O)c1cc(C)ccc1NCc1ccc(Br)c(C)c1. The predicted octanol–water partition coefficient (Wildman–Crippen LogP) is 4.46. The van der Waals surface area contributed by atoms with Crippen molar-refractivity contribution in [3.05, 3.63) is 63.1 Å². The maximum absolute atomic E-state index is 11.8. The number of hydrogen-bond donors (Lipinski definition) is 1. The molecule has 3 nitrogen and oxygen atoms in total. The number of esters is 1. The van der Waals surface area contributed by atoms with E-state index in [0.717, 1.165) is 21.3 Å². The van der Waals surface area contributed by atoms with Crippen molar-refractivity contribution in [2.24, 2.45) is 0 Å². The van der Waals surface area contributed by atoms with Crippen LogP contribution in [0.2, 0.25) is 0 Å². The fourth-order valence-corrected chi connectivity index (χ4v) is 2.35. The van der Waals surface area contributed by atoms with Gasteiger partial charge in [-0.25, -0.2) is 4.79 Å². The number of aryl methyl sites for hydroxylation is 2. The van der Waals surface area contributed by atoms with Crippen LogP contribution in [0.3, 0.4) is 0 Å². The van der Waals surface area contributed by atoms with Crippen LogP contribution in [0, 0.1) is 13.8 Å². The topological polar surface area (TPSA) is 38.3 Å². The maximum atomic E-state index is 11.8. The van der Waals surface area contributed by atoms with Crippen LogP contribution in [0.4, 0.5) is 5.69 Å². The molecular formula is C17H18BrNO2. The zero-order valence-electron chi connectivity index (χ0n) is 12.4. The summed E-state index contributed by atoms with van der Waals surface area (Å²) in [7, 11) is 1.40. The summed E-state index contributed by atoms with van der Waals surface area (Å²) in [6.45, 7) is 4.66. The molecule has 0 bridgehead atoms. The van der Waals surface area contributed by atoms with Crippen molar-refractivity contribution in [2.45, 2.75) is 20.4 Å². The number of benzene rings is 2. The summed E-state index contributed by atoms with van der Waals surface area (Å²) < 4.78 is 5.93. The third-order valence-electron chi connectivity index (χ3n) is 3.29. The number of anilines is 1. The Bertz CT molecular complexity index is 668. The second-order valence-corrected chi connectivity index (χ2v) is 5.83. The van der Waals surface area contributed by atoms with Crippen LogP contribution in [-0.4, -0.2) is 13.1 Å². The molecule has 0 saturated heterocycles. The lowest BCUT2D eigenvalue weighted by atomic mass is 10.1. The van der Waals surface area contributed by atoms with Crippen LogP contribution in [0.25, 0.3) is 0 Å². The van der Waals surface area contributed by atoms with Gasteiger partial charge in [0.15, 0.2) is 0 Å². The first-order valence-electron chi connectivity index (χ1n) is 6.69. The molecule has 0 fully saturated rings. The lowest BCUT2D eigenvalue weighted by molar-refractivity contribution is 0.0601. The molecule has 0 heterocycles. The minimum atomic E-state index is -0.326. The van der Waals surface area contributed by atoms with Gasteiger partial charge in [0.25, 0.3) is 0 Å². The van der Waals surface area contributed by atoms with Gasteiger partial charge in [-0.15, -0.1) is 0 Å². The van der Waals surface area contributed by atoms with E-state index in [2.05, 4.69) is 40.3 Å². The Balaban J connectivity index is 2.19. The first-order valence-corrected chi connectivity index (χ1v) is 7.48. The van der Waals surface area contributed by atoms with Crippen molar-refractivity contribution in [2.75, 3.05) is 12.4 Å². The monoisotopic (exact) mass is 347 g/mol. The van der Waals surface area contributed by atoms with Crippen LogP contribution in [0.1, 0.15) is 27.0 Å². The number of ether oxygens (including phenoxy) is 1. The number of carbonyl (C=O) groups excluding carboxylic acids is 1. The number of rotatable bonds is 4. The molecular weight excluding hydrogens is 330 g/mol. The fourth-order valence-electron chi connectivity index (χ4n) is 2.11. The average Bonchev–Trinajstić information content (AvgIpc) is 2.48. The molecule has 0 aromatic heterocycles. The van der Waals surface area contributed by atoms with Gasteiger partial charge in [0.1, 0.15) is 0 Å². The Labute approximate surface area is 133 Å². The number of hydrogen-bond acceptors (Lipinski definition) is 3. The highest BCUT2D eigenvalue weighted by molar-refractivity contribution is 9.10. The molecule has 4 heteroatoms. The van der Waals surface area contributed by atoms with E-state index in [1.807, 2.05) is 31.2 Å². The van der Waals surface area contributed by atoms with E-state index < -0.39 is 0 Å². The molecule has 21 heavy (non-hydrogen) atoms. The Morgan fingerprint density at radius 1 is 1.19 bits per heavy atom. The van der Waals surface area contributed by atoms with Crippen molar-refractivity contribution in [3.8, 4) is 0 Å². The zero-order valence-corrected chi connectivity index (χ0v) is 14.0. The molecule has 0 aliphatic carbocycles. The molecule has 0 aliphatic rings. The maximum Gasteiger partial charge on any atom is 0.339 e. The summed E-state index contributed by atoms with van der Waals surface area (Å²) >= 11 is 3.49. The number of carbonyl (C=O) groups is 1. The van der Waals surface area contributed by atoms with E-state index >= 15 is 0 Å². The number of halogens is 1. The number of methoxy groups -OCH3 is 1. The van der Waals surface area contributed by atoms with Crippen LogP contribution in [-0.2, 0) is 11.3 Å². The number of nitrogens with one attached hydrogen (secondary N) is 1. The quantitative estimate of drug-likeness (QED) is 0.829. The van der Waals surface area contributed by atoms with Gasteiger partial charge in [-0.1, -0.05) is 39.7 Å². The van der Waals surface area contributed by atoms with Crippen LogP contribution < -0.4 is 5.32 Å². The van der Waals surface area contributed by atoms with Gasteiger partial charge in [0.05, 0.1) is 12.7 Å². The summed E-state index contributed by atoms with van der Waals surface area (Å²) in [5.41, 5.74) is 4.72. The molecule has 2 aromatic carbocycles. The molecule has 0 amide bonds. The van der Waals surface area contributed by atoms with Crippen LogP contribution in [0.15, 0.2) is 40.9 Å². The van der Waals surface area contributed by atoms with Crippen molar-refractivity contribution in [3.63, 3.8) is 0 Å². The van der Waals surface area contributed by atoms with Gasteiger partial charge in [-0.05, 0) is 43.2 Å². The second-order valence-electron chi connectivity index (χ2n) is 4.98. The molecule has 0 aliphatic heterocycles. The van der Waals surface area contributed by atoms with Gasteiger partial charge in [0, 0.05) is 16.7 Å². The minimum absolute atomic E-state index is 0.326. The normalized spacial score (nSPS) is 10.3. The standard InChI is InChI=1S/C17H18BrNO2/c1-11-4-7-16(14(8-11)17(20)21-3)19-10-13-5-6-15(18)12(2)9-13/h4-9,19H,10H2,1-3H3. The lowest BCUT2D eigenvalue weighted by Gasteiger charge is -2.12. The highest BCUT2D eigenvalue weighted by Crippen LogP contribution is 2.21. The fraction of sp³-hybridized carbons (Fsp3) is 0.235. The van der Waals surface area contributed by atoms with E-state index in [1.165, 1.54) is 12.7 Å². The molecule has 0 spiro atoms. The highest BCUT2D eigenvalue weighted by atomic mass is 79.9. The summed E-state index contributed by atoms with van der Waals surface area (Å²) in [4.78, 5) is 11.8. The Morgan fingerprint density at radius 2 is 1.95 bits per heavy atom. The average molecular weight is 348 g/mol. The Hall–Kier alpha value is -1.81. The first-order chi connectivity index (χ1) is 10.0. The second kappa shape index (κ2) is 6.76. The predicted molar refractivity (Wildman–Crippen MR) is 88.7 cm³/mol. The third-order valence-corrected chi connectivity index (χ3v) is 4.18. The third kappa shape index (κ3) is 3.85. The summed E-state index contributed by atoms with van der Waals surface area (Å²) in [6, 6.07) is 11.9. The van der Waals surface area contributed by atoms with Crippen molar-refractivity contribution in [1.29, 1.82) is 0 Å². The van der Waals surface area contributed by atoms with Crippen LogP contribution in [0.5, 0.6) is 0 Å². The molecule has 0 radical (unpaired) electrons. The highest BCUT2D eigenvalue weighted by Gasteiger charge is 2.11. The van der Waals surface area contributed by atoms with Crippen molar-refractivity contribution in [1.82, 2.24) is 0 Å². The molecule has 1 N–H and O–H groups in total. The molecule has 2 rings (SSSR count). The molecule has 0 saturated carbocycles. The smallest absolute Gasteiger partial charge is 0.339 e. The molecule has 0 atom stereocenters. The largest absolute Gasteiger partial charge is 0.465 e. The molecule has 110 valence electrons.